The zero-order valence-corrected chi connectivity index (χ0v) is 17.8. The minimum Gasteiger partial charge on any atom is -0.490 e. The Morgan fingerprint density at radius 2 is 1.97 bits per heavy atom. The van der Waals surface area contributed by atoms with Crippen LogP contribution in [0.1, 0.15) is 24.0 Å². The van der Waals surface area contributed by atoms with Crippen molar-refractivity contribution in [2.75, 3.05) is 26.4 Å². The average molecular weight is 431 g/mol. The monoisotopic (exact) mass is 431 g/mol. The maximum atomic E-state index is 9.17. The van der Waals surface area contributed by atoms with Crippen LogP contribution in [0.3, 0.4) is 0 Å². The molecule has 1 N–H and O–H groups in total. The number of ether oxygens (including phenoxy) is 4. The smallest absolute Gasteiger partial charge is 0.161 e. The number of rotatable bonds is 6. The molecule has 0 bridgehead atoms. The van der Waals surface area contributed by atoms with E-state index in [2.05, 4.69) is 22.4 Å². The highest BCUT2D eigenvalue weighted by Gasteiger charge is 2.22. The van der Waals surface area contributed by atoms with Crippen molar-refractivity contribution in [2.45, 2.75) is 31.5 Å². The van der Waals surface area contributed by atoms with Crippen molar-refractivity contribution in [2.24, 2.45) is 0 Å². The van der Waals surface area contributed by atoms with Gasteiger partial charge in [0.25, 0.3) is 0 Å². The number of nitriles is 1. The lowest BCUT2D eigenvalue weighted by Crippen LogP contribution is -2.41. The van der Waals surface area contributed by atoms with Crippen LogP contribution >= 0.6 is 0 Å². The first-order valence-electron chi connectivity index (χ1n) is 10.9. The first-order chi connectivity index (χ1) is 15.8. The molecule has 2 aliphatic rings. The number of fused-ring (bicyclic) bond motifs is 2. The second-order valence-corrected chi connectivity index (χ2v) is 8.05. The first kappa shape index (κ1) is 20.6. The third kappa shape index (κ3) is 4.62. The average Bonchev–Trinajstić information content (AvgIpc) is 2.86. The molecule has 1 aromatic heterocycles. The van der Waals surface area contributed by atoms with Gasteiger partial charge < -0.3 is 24.3 Å². The normalized spacial score (nSPS) is 20.0. The number of benzene rings is 2. The highest BCUT2D eigenvalue weighted by atomic mass is 16.6. The molecule has 0 amide bonds. The summed E-state index contributed by atoms with van der Waals surface area (Å²) in [5, 5.41) is 13.6. The van der Waals surface area contributed by atoms with Gasteiger partial charge in [-0.2, -0.15) is 5.26 Å². The van der Waals surface area contributed by atoms with Crippen LogP contribution in [0, 0.1) is 11.3 Å². The zero-order valence-electron chi connectivity index (χ0n) is 17.8. The number of nitrogens with one attached hydrogen (secondary N) is 1. The van der Waals surface area contributed by atoms with E-state index < -0.39 is 0 Å². The molecule has 164 valence electrons. The maximum absolute atomic E-state index is 9.17. The molecular weight excluding hydrogens is 406 g/mol. The Balaban J connectivity index is 1.11. The molecule has 0 unspecified atom stereocenters. The van der Waals surface area contributed by atoms with E-state index in [1.54, 1.807) is 12.3 Å². The molecule has 7 heteroatoms. The number of hydrogen-bond donors (Lipinski definition) is 1. The van der Waals surface area contributed by atoms with Crippen LogP contribution in [-0.2, 0) is 11.3 Å². The number of hydrogen-bond acceptors (Lipinski definition) is 7. The predicted octanol–water partition coefficient (Wildman–Crippen LogP) is 3.59. The van der Waals surface area contributed by atoms with Crippen molar-refractivity contribution >= 4 is 10.9 Å². The summed E-state index contributed by atoms with van der Waals surface area (Å²) in [5.41, 5.74) is 2.58. The van der Waals surface area contributed by atoms with E-state index in [9.17, 15) is 0 Å². The van der Waals surface area contributed by atoms with E-state index in [4.69, 9.17) is 24.2 Å². The summed E-state index contributed by atoms with van der Waals surface area (Å²) < 4.78 is 23.3. The molecule has 0 radical (unpaired) electrons. The van der Waals surface area contributed by atoms with Gasteiger partial charge in [-0.3, -0.25) is 4.98 Å². The molecule has 5 rings (SSSR count). The highest BCUT2D eigenvalue weighted by molar-refractivity contribution is 5.86. The molecule has 0 saturated carbocycles. The van der Waals surface area contributed by atoms with Crippen LogP contribution in [0.5, 0.6) is 17.2 Å². The summed E-state index contributed by atoms with van der Waals surface area (Å²) in [5.74, 6) is 2.36. The lowest BCUT2D eigenvalue weighted by atomic mass is 10.0. The van der Waals surface area contributed by atoms with Crippen molar-refractivity contribution in [1.82, 2.24) is 10.3 Å². The largest absolute Gasteiger partial charge is 0.490 e. The molecule has 2 aromatic carbocycles. The van der Waals surface area contributed by atoms with Crippen LogP contribution < -0.4 is 19.5 Å². The molecule has 32 heavy (non-hydrogen) atoms. The number of pyridine rings is 1. The van der Waals surface area contributed by atoms with Gasteiger partial charge in [-0.25, -0.2) is 0 Å². The van der Waals surface area contributed by atoms with E-state index >= 15 is 0 Å². The molecule has 2 atom stereocenters. The van der Waals surface area contributed by atoms with Gasteiger partial charge >= 0.3 is 0 Å². The molecule has 1 fully saturated rings. The van der Waals surface area contributed by atoms with Gasteiger partial charge in [0.05, 0.1) is 29.9 Å². The van der Waals surface area contributed by atoms with E-state index in [-0.39, 0.29) is 6.10 Å². The molecule has 7 nitrogen and oxygen atoms in total. The molecule has 1 saturated heterocycles. The summed E-state index contributed by atoms with van der Waals surface area (Å²) in [6, 6.07) is 15.8. The highest BCUT2D eigenvalue weighted by Crippen LogP contribution is 2.31. The predicted molar refractivity (Wildman–Crippen MR) is 119 cm³/mol. The lowest BCUT2D eigenvalue weighted by Gasteiger charge is -2.30. The number of nitrogens with zero attached hydrogens (tertiary/aromatic N) is 2. The quantitative estimate of drug-likeness (QED) is 0.638. The first-order valence-corrected chi connectivity index (χ1v) is 10.9. The summed E-state index contributed by atoms with van der Waals surface area (Å²) in [6.45, 7) is 3.08. The zero-order chi connectivity index (χ0) is 21.8. The lowest BCUT2D eigenvalue weighted by molar-refractivity contribution is -0.0261. The fraction of sp³-hybridized carbons (Fsp3) is 0.360. The van der Waals surface area contributed by atoms with Gasteiger partial charge in [0.1, 0.15) is 25.6 Å². The van der Waals surface area contributed by atoms with Crippen LogP contribution in [0.15, 0.2) is 48.7 Å². The van der Waals surface area contributed by atoms with Gasteiger partial charge in [-0.15, -0.1) is 0 Å². The van der Waals surface area contributed by atoms with Gasteiger partial charge in [-0.1, -0.05) is 6.07 Å². The molecule has 0 spiro atoms. The van der Waals surface area contributed by atoms with E-state index in [1.165, 1.54) is 5.56 Å². The third-order valence-corrected chi connectivity index (χ3v) is 5.83. The van der Waals surface area contributed by atoms with Crippen LogP contribution in [-0.4, -0.2) is 43.6 Å². The second kappa shape index (κ2) is 9.43. The Kier molecular flexibility index (Phi) is 6.06. The van der Waals surface area contributed by atoms with Crippen LogP contribution in [0.25, 0.3) is 10.9 Å². The summed E-state index contributed by atoms with van der Waals surface area (Å²) in [7, 11) is 0. The van der Waals surface area contributed by atoms with Gasteiger partial charge in [-0.05, 0) is 54.8 Å². The maximum Gasteiger partial charge on any atom is 0.161 e. The summed E-state index contributed by atoms with van der Waals surface area (Å²) in [4.78, 5) is 4.35. The Bertz CT molecular complexity index is 1140. The SMILES string of the molecule is N#Cc1ccc2nccc(OC[C@@H]3CC[C@@H](NCc4ccc5c(c4)OCCO5)CO3)c2c1. The van der Waals surface area contributed by atoms with Crippen molar-refractivity contribution in [1.29, 1.82) is 5.26 Å². The van der Waals surface area contributed by atoms with E-state index in [0.29, 0.717) is 38.0 Å². The van der Waals surface area contributed by atoms with Crippen molar-refractivity contribution in [3.05, 3.63) is 59.8 Å². The fourth-order valence-corrected chi connectivity index (χ4v) is 4.06. The number of aromatic nitrogens is 1. The van der Waals surface area contributed by atoms with E-state index in [1.807, 2.05) is 30.3 Å². The molecule has 3 aromatic rings. The molecule has 2 aliphatic heterocycles. The Labute approximate surface area is 186 Å². The minimum absolute atomic E-state index is 0.0460. The summed E-state index contributed by atoms with van der Waals surface area (Å²) >= 11 is 0. The Hall–Kier alpha value is -3.34. The van der Waals surface area contributed by atoms with Crippen molar-refractivity contribution in [3.8, 4) is 23.3 Å². The topological polar surface area (TPSA) is 85.6 Å². The van der Waals surface area contributed by atoms with E-state index in [0.717, 1.165) is 47.5 Å². The molecule has 3 heterocycles. The standard InChI is InChI=1S/C25H25N3O4/c26-13-17-1-5-22-21(11-17)23(7-8-27-22)32-16-20-4-3-19(15-31-20)28-14-18-2-6-24-25(12-18)30-10-9-29-24/h1-2,5-8,11-12,19-20,28H,3-4,9-10,14-16H2/t19-,20+/m1/s1. The third-order valence-electron chi connectivity index (χ3n) is 5.83. The Morgan fingerprint density at radius 1 is 1.06 bits per heavy atom. The fourth-order valence-electron chi connectivity index (χ4n) is 4.06. The molecular formula is C25H25N3O4. The van der Waals surface area contributed by atoms with Crippen molar-refractivity contribution in [3.63, 3.8) is 0 Å². The summed E-state index contributed by atoms with van der Waals surface area (Å²) in [6.07, 6.45) is 3.72. The van der Waals surface area contributed by atoms with Gasteiger partial charge in [0.2, 0.25) is 0 Å². The molecule has 0 aliphatic carbocycles. The van der Waals surface area contributed by atoms with Gasteiger partial charge in [0.15, 0.2) is 11.5 Å². The van der Waals surface area contributed by atoms with Crippen LogP contribution in [0.4, 0.5) is 0 Å². The minimum atomic E-state index is 0.0460. The Morgan fingerprint density at radius 3 is 2.81 bits per heavy atom. The second-order valence-electron chi connectivity index (χ2n) is 8.05. The van der Waals surface area contributed by atoms with Crippen LogP contribution in [0.2, 0.25) is 0 Å². The van der Waals surface area contributed by atoms with Crippen molar-refractivity contribution < 1.29 is 18.9 Å². The van der Waals surface area contributed by atoms with Gasteiger partial charge in [0, 0.05) is 24.2 Å².